The van der Waals surface area contributed by atoms with Crippen LogP contribution in [-0.4, -0.2) is 52.6 Å². The third-order valence-electron chi connectivity index (χ3n) is 3.26. The van der Waals surface area contributed by atoms with Crippen molar-refractivity contribution in [3.05, 3.63) is 20.8 Å². The molecule has 0 saturated heterocycles. The van der Waals surface area contributed by atoms with E-state index in [2.05, 4.69) is 15.3 Å². The highest BCUT2D eigenvalue weighted by atomic mass is 16.5. The summed E-state index contributed by atoms with van der Waals surface area (Å²) >= 11 is 0. The average Bonchev–Trinajstić information content (AvgIpc) is 2.85. The Morgan fingerprint density at radius 2 is 2.09 bits per heavy atom. The molecule has 0 aromatic carbocycles. The molecule has 0 spiro atoms. The predicted molar refractivity (Wildman–Crippen MR) is 82.5 cm³/mol. The number of imidazole rings is 1. The summed E-state index contributed by atoms with van der Waals surface area (Å²) in [7, 11) is 3.17. The van der Waals surface area contributed by atoms with Gasteiger partial charge in [0.15, 0.2) is 11.2 Å². The van der Waals surface area contributed by atoms with Gasteiger partial charge in [0.05, 0.1) is 13.2 Å². The number of anilines is 1. The summed E-state index contributed by atoms with van der Waals surface area (Å²) in [5.41, 5.74) is -0.260. The quantitative estimate of drug-likeness (QED) is 0.638. The molecule has 9 nitrogen and oxygen atoms in total. The Hall–Kier alpha value is -2.13. The third kappa shape index (κ3) is 3.20. The minimum absolute atomic E-state index is 0.338. The molecule has 0 radical (unpaired) electrons. The molecule has 0 saturated carbocycles. The molecule has 0 aliphatic rings. The zero-order valence-electron chi connectivity index (χ0n) is 13.0. The Morgan fingerprint density at radius 1 is 1.32 bits per heavy atom. The molecule has 0 aliphatic heterocycles. The highest BCUT2D eigenvalue weighted by molar-refractivity contribution is 5.74. The van der Waals surface area contributed by atoms with Crippen LogP contribution in [0.1, 0.15) is 6.92 Å². The summed E-state index contributed by atoms with van der Waals surface area (Å²) in [5, 5.41) is 3.11. The number of aryl methyl sites for hydroxylation is 1. The minimum Gasteiger partial charge on any atom is -0.383 e. The van der Waals surface area contributed by atoms with E-state index in [1.807, 2.05) is 6.92 Å². The van der Waals surface area contributed by atoms with E-state index in [0.29, 0.717) is 50.0 Å². The van der Waals surface area contributed by atoms with Crippen molar-refractivity contribution in [1.82, 2.24) is 19.1 Å². The molecule has 0 bridgehead atoms. The van der Waals surface area contributed by atoms with Gasteiger partial charge in [0.2, 0.25) is 5.95 Å². The molecule has 2 rings (SSSR count). The van der Waals surface area contributed by atoms with Crippen molar-refractivity contribution in [2.45, 2.75) is 13.5 Å². The van der Waals surface area contributed by atoms with Gasteiger partial charge in [0.25, 0.3) is 5.56 Å². The van der Waals surface area contributed by atoms with Crippen molar-refractivity contribution >= 4 is 17.1 Å². The van der Waals surface area contributed by atoms with Crippen LogP contribution in [0, 0.1) is 0 Å². The van der Waals surface area contributed by atoms with Gasteiger partial charge in [-0.1, -0.05) is 0 Å². The van der Waals surface area contributed by atoms with Crippen LogP contribution in [0.25, 0.3) is 11.2 Å². The SMILES string of the molecule is CCOCCn1c(NCCOC)nc2c1c(=O)[nH]c(=O)n2C. The number of fused-ring (bicyclic) bond motifs is 1. The lowest BCUT2D eigenvalue weighted by Gasteiger charge is -2.10. The molecule has 122 valence electrons. The van der Waals surface area contributed by atoms with Gasteiger partial charge in [-0.3, -0.25) is 14.3 Å². The fourth-order valence-corrected chi connectivity index (χ4v) is 2.15. The van der Waals surface area contributed by atoms with E-state index in [-0.39, 0.29) is 0 Å². The molecule has 2 N–H and O–H groups in total. The van der Waals surface area contributed by atoms with Crippen LogP contribution in [0.2, 0.25) is 0 Å². The van der Waals surface area contributed by atoms with Gasteiger partial charge in [-0.05, 0) is 6.92 Å². The van der Waals surface area contributed by atoms with E-state index in [1.165, 1.54) is 4.57 Å². The Bertz CT molecular complexity index is 745. The second kappa shape index (κ2) is 7.23. The predicted octanol–water partition coefficient (Wildman–Crippen LogP) is -0.482. The van der Waals surface area contributed by atoms with E-state index >= 15 is 0 Å². The number of methoxy groups -OCH3 is 1. The van der Waals surface area contributed by atoms with Gasteiger partial charge in [-0.2, -0.15) is 4.98 Å². The minimum atomic E-state index is -0.490. The fraction of sp³-hybridized carbons (Fsp3) is 0.615. The van der Waals surface area contributed by atoms with E-state index in [1.54, 1.807) is 18.7 Å². The fourth-order valence-electron chi connectivity index (χ4n) is 2.15. The lowest BCUT2D eigenvalue weighted by Crippen LogP contribution is -2.29. The molecular weight excluding hydrogens is 290 g/mol. The molecule has 2 aromatic rings. The zero-order chi connectivity index (χ0) is 16.1. The van der Waals surface area contributed by atoms with Crippen LogP contribution in [0.4, 0.5) is 5.95 Å². The van der Waals surface area contributed by atoms with Crippen molar-refractivity contribution in [3.8, 4) is 0 Å². The number of ether oxygens (including phenoxy) is 2. The van der Waals surface area contributed by atoms with Crippen molar-refractivity contribution in [1.29, 1.82) is 0 Å². The van der Waals surface area contributed by atoms with Crippen molar-refractivity contribution in [2.75, 3.05) is 38.8 Å². The van der Waals surface area contributed by atoms with E-state index in [9.17, 15) is 9.59 Å². The second-order valence-electron chi connectivity index (χ2n) is 4.69. The van der Waals surface area contributed by atoms with Crippen LogP contribution in [0.5, 0.6) is 0 Å². The lowest BCUT2D eigenvalue weighted by molar-refractivity contribution is 0.140. The summed E-state index contributed by atoms with van der Waals surface area (Å²) in [6.07, 6.45) is 0. The molecule has 2 aromatic heterocycles. The highest BCUT2D eigenvalue weighted by Crippen LogP contribution is 2.14. The van der Waals surface area contributed by atoms with Crippen molar-refractivity contribution < 1.29 is 9.47 Å². The normalized spacial score (nSPS) is 11.2. The highest BCUT2D eigenvalue weighted by Gasteiger charge is 2.16. The Morgan fingerprint density at radius 3 is 2.77 bits per heavy atom. The van der Waals surface area contributed by atoms with E-state index in [4.69, 9.17) is 9.47 Å². The monoisotopic (exact) mass is 311 g/mol. The molecule has 0 fully saturated rings. The topological polar surface area (TPSA) is 103 Å². The number of hydrogen-bond donors (Lipinski definition) is 2. The molecule has 0 aliphatic carbocycles. The number of H-pyrrole nitrogens is 1. The second-order valence-corrected chi connectivity index (χ2v) is 4.69. The maximum absolute atomic E-state index is 12.1. The number of hydrogen-bond acceptors (Lipinski definition) is 6. The van der Waals surface area contributed by atoms with Crippen LogP contribution in [0.15, 0.2) is 9.59 Å². The van der Waals surface area contributed by atoms with Crippen LogP contribution in [0.3, 0.4) is 0 Å². The molecule has 2 heterocycles. The first kappa shape index (κ1) is 16.2. The van der Waals surface area contributed by atoms with Gasteiger partial charge in [-0.25, -0.2) is 4.79 Å². The van der Waals surface area contributed by atoms with Crippen LogP contribution >= 0.6 is 0 Å². The molecule has 9 heteroatoms. The maximum atomic E-state index is 12.1. The molecular formula is C13H21N5O4. The van der Waals surface area contributed by atoms with Gasteiger partial charge < -0.3 is 19.4 Å². The van der Waals surface area contributed by atoms with Crippen molar-refractivity contribution in [3.63, 3.8) is 0 Å². The first-order valence-corrected chi connectivity index (χ1v) is 7.10. The lowest BCUT2D eigenvalue weighted by atomic mass is 10.5. The first-order chi connectivity index (χ1) is 10.6. The van der Waals surface area contributed by atoms with E-state index < -0.39 is 11.2 Å². The molecule has 0 atom stereocenters. The number of aromatic nitrogens is 4. The van der Waals surface area contributed by atoms with Gasteiger partial charge in [0, 0.05) is 33.9 Å². The maximum Gasteiger partial charge on any atom is 0.329 e. The summed E-state index contributed by atoms with van der Waals surface area (Å²) < 4.78 is 13.4. The van der Waals surface area contributed by atoms with Gasteiger partial charge in [0.1, 0.15) is 0 Å². The first-order valence-electron chi connectivity index (χ1n) is 7.10. The summed E-state index contributed by atoms with van der Waals surface area (Å²) in [4.78, 5) is 30.5. The number of rotatable bonds is 8. The van der Waals surface area contributed by atoms with Crippen LogP contribution in [-0.2, 0) is 23.1 Å². The number of aromatic amines is 1. The molecule has 0 unspecified atom stereocenters. The van der Waals surface area contributed by atoms with Crippen molar-refractivity contribution in [2.24, 2.45) is 7.05 Å². The largest absolute Gasteiger partial charge is 0.383 e. The standard InChI is InChI=1S/C13H21N5O4/c1-4-22-8-6-18-9-10(15-12(18)14-5-7-21-3)17(2)13(20)16-11(9)19/h4-8H2,1-3H3,(H,14,15)(H,16,19,20). The van der Waals surface area contributed by atoms with Gasteiger partial charge >= 0.3 is 5.69 Å². The third-order valence-corrected chi connectivity index (χ3v) is 3.26. The van der Waals surface area contributed by atoms with Crippen LogP contribution < -0.4 is 16.6 Å². The number of nitrogens with zero attached hydrogens (tertiary/aromatic N) is 3. The zero-order valence-corrected chi connectivity index (χ0v) is 13.0. The van der Waals surface area contributed by atoms with Gasteiger partial charge in [-0.15, -0.1) is 0 Å². The average molecular weight is 311 g/mol. The summed E-state index contributed by atoms with van der Waals surface area (Å²) in [5.74, 6) is 0.512. The number of nitrogens with one attached hydrogen (secondary N) is 2. The Labute approximate surface area is 126 Å². The molecule has 0 amide bonds. The summed E-state index contributed by atoms with van der Waals surface area (Å²) in [6, 6.07) is 0. The summed E-state index contributed by atoms with van der Waals surface area (Å²) in [6.45, 7) is 4.45. The Kier molecular flexibility index (Phi) is 5.34. The Balaban J connectivity index is 2.49. The molecule has 22 heavy (non-hydrogen) atoms. The smallest absolute Gasteiger partial charge is 0.329 e. The van der Waals surface area contributed by atoms with E-state index in [0.717, 1.165) is 0 Å².